The van der Waals surface area contributed by atoms with Gasteiger partial charge in [-0.2, -0.15) is 0 Å². The molecule has 2 heterocycles. The van der Waals surface area contributed by atoms with Crippen molar-refractivity contribution in [1.82, 2.24) is 9.97 Å². The zero-order valence-electron chi connectivity index (χ0n) is 12.9. The van der Waals surface area contributed by atoms with Crippen LogP contribution < -0.4 is 14.4 Å². The average Bonchev–Trinajstić information content (AvgIpc) is 2.52. The van der Waals surface area contributed by atoms with E-state index >= 15 is 0 Å². The van der Waals surface area contributed by atoms with Crippen molar-refractivity contribution in [2.24, 2.45) is 0 Å². The zero-order valence-corrected chi connectivity index (χ0v) is 13.6. The van der Waals surface area contributed by atoms with Gasteiger partial charge < -0.3 is 14.4 Å². The minimum absolute atomic E-state index is 0.285. The van der Waals surface area contributed by atoms with E-state index in [0.717, 1.165) is 42.5 Å². The van der Waals surface area contributed by atoms with Crippen LogP contribution in [0, 0.1) is 6.92 Å². The van der Waals surface area contributed by atoms with E-state index in [-0.39, 0.29) is 5.28 Å². The summed E-state index contributed by atoms with van der Waals surface area (Å²) in [6.07, 6.45) is 0.927. The van der Waals surface area contributed by atoms with E-state index in [9.17, 15) is 0 Å². The molecule has 0 radical (unpaired) electrons. The average molecular weight is 320 g/mol. The van der Waals surface area contributed by atoms with Crippen LogP contribution in [0.15, 0.2) is 18.2 Å². The molecular weight excluding hydrogens is 302 g/mol. The first kappa shape index (κ1) is 14.9. The van der Waals surface area contributed by atoms with Gasteiger partial charge in [-0.15, -0.1) is 0 Å². The standard InChI is InChI=1S/C16H18ClN3O2/c1-10-6-15(19-16(17)18-10)20-5-4-11-7-13(21-2)14(22-3)8-12(11)9-20/h6-8H,4-5,9H2,1-3H3. The second kappa shape index (κ2) is 6.01. The van der Waals surface area contributed by atoms with Crippen molar-refractivity contribution in [3.8, 4) is 11.5 Å². The molecular formula is C16H18ClN3O2. The molecule has 0 unspecified atom stereocenters. The van der Waals surface area contributed by atoms with E-state index in [0.29, 0.717) is 0 Å². The second-order valence-corrected chi connectivity index (χ2v) is 5.62. The molecule has 1 aliphatic heterocycles. The highest BCUT2D eigenvalue weighted by atomic mass is 35.5. The van der Waals surface area contributed by atoms with Crippen LogP contribution in [0.2, 0.25) is 5.28 Å². The first-order valence-electron chi connectivity index (χ1n) is 7.10. The lowest BCUT2D eigenvalue weighted by atomic mass is 9.99. The Labute approximate surface area is 134 Å². The SMILES string of the molecule is COc1cc2c(cc1OC)CN(c1cc(C)nc(Cl)n1)CC2. The van der Waals surface area contributed by atoms with Gasteiger partial charge in [0.05, 0.1) is 14.2 Å². The number of hydrogen-bond acceptors (Lipinski definition) is 5. The lowest BCUT2D eigenvalue weighted by molar-refractivity contribution is 0.353. The molecule has 0 saturated carbocycles. The van der Waals surface area contributed by atoms with Crippen LogP contribution in [0.4, 0.5) is 5.82 Å². The predicted octanol–water partition coefficient (Wildman–Crippen LogP) is 3.02. The van der Waals surface area contributed by atoms with Gasteiger partial charge in [0.15, 0.2) is 11.5 Å². The minimum atomic E-state index is 0.285. The fourth-order valence-corrected chi connectivity index (χ4v) is 2.98. The molecule has 0 N–H and O–H groups in total. The number of halogens is 1. The summed E-state index contributed by atoms with van der Waals surface area (Å²) in [5.74, 6) is 2.38. The number of anilines is 1. The Hall–Kier alpha value is -2.01. The van der Waals surface area contributed by atoms with Crippen LogP contribution in [0.1, 0.15) is 16.8 Å². The van der Waals surface area contributed by atoms with E-state index in [1.54, 1.807) is 14.2 Å². The summed E-state index contributed by atoms with van der Waals surface area (Å²) in [4.78, 5) is 10.6. The van der Waals surface area contributed by atoms with E-state index in [4.69, 9.17) is 21.1 Å². The Kier molecular flexibility index (Phi) is 4.07. The monoisotopic (exact) mass is 319 g/mol. The summed E-state index contributed by atoms with van der Waals surface area (Å²) in [6, 6.07) is 6.05. The summed E-state index contributed by atoms with van der Waals surface area (Å²) < 4.78 is 10.8. The molecule has 1 aliphatic rings. The number of nitrogens with zero attached hydrogens (tertiary/aromatic N) is 3. The van der Waals surface area contributed by atoms with Gasteiger partial charge >= 0.3 is 0 Å². The molecule has 22 heavy (non-hydrogen) atoms. The van der Waals surface area contributed by atoms with Crippen molar-refractivity contribution in [3.05, 3.63) is 40.3 Å². The van der Waals surface area contributed by atoms with E-state index < -0.39 is 0 Å². The normalized spacial score (nSPS) is 13.7. The van der Waals surface area contributed by atoms with Gasteiger partial charge in [-0.3, -0.25) is 0 Å². The Bertz CT molecular complexity index is 686. The van der Waals surface area contributed by atoms with Gasteiger partial charge in [-0.25, -0.2) is 9.97 Å². The zero-order chi connectivity index (χ0) is 15.7. The van der Waals surface area contributed by atoms with Crippen molar-refractivity contribution >= 4 is 17.4 Å². The van der Waals surface area contributed by atoms with Crippen molar-refractivity contribution < 1.29 is 9.47 Å². The second-order valence-electron chi connectivity index (χ2n) is 5.28. The molecule has 0 aliphatic carbocycles. The molecule has 0 bridgehead atoms. The van der Waals surface area contributed by atoms with E-state index in [1.165, 1.54) is 11.1 Å². The molecule has 0 atom stereocenters. The van der Waals surface area contributed by atoms with Crippen LogP contribution in [0.3, 0.4) is 0 Å². The number of aromatic nitrogens is 2. The molecule has 0 amide bonds. The fourth-order valence-electron chi connectivity index (χ4n) is 2.76. The van der Waals surface area contributed by atoms with Gasteiger partial charge in [0.2, 0.25) is 5.28 Å². The van der Waals surface area contributed by atoms with Crippen LogP contribution in [0.5, 0.6) is 11.5 Å². The molecule has 1 aromatic carbocycles. The maximum atomic E-state index is 5.97. The molecule has 0 spiro atoms. The minimum Gasteiger partial charge on any atom is -0.493 e. The highest BCUT2D eigenvalue weighted by Crippen LogP contribution is 2.34. The maximum Gasteiger partial charge on any atom is 0.224 e. The van der Waals surface area contributed by atoms with E-state index in [2.05, 4.69) is 20.9 Å². The third-order valence-corrected chi connectivity index (χ3v) is 4.02. The third-order valence-electron chi connectivity index (χ3n) is 3.86. The molecule has 0 saturated heterocycles. The molecule has 3 rings (SSSR count). The van der Waals surface area contributed by atoms with Crippen molar-refractivity contribution in [2.75, 3.05) is 25.7 Å². The number of aryl methyl sites for hydroxylation is 1. The number of ether oxygens (including phenoxy) is 2. The molecule has 2 aromatic rings. The number of benzene rings is 1. The first-order valence-corrected chi connectivity index (χ1v) is 7.48. The van der Waals surface area contributed by atoms with Crippen LogP contribution in [0.25, 0.3) is 0 Å². The summed E-state index contributed by atoms with van der Waals surface area (Å²) in [5.41, 5.74) is 3.37. The number of fused-ring (bicyclic) bond motifs is 1. The fraction of sp³-hybridized carbons (Fsp3) is 0.375. The van der Waals surface area contributed by atoms with Crippen molar-refractivity contribution in [1.29, 1.82) is 0 Å². The molecule has 5 nitrogen and oxygen atoms in total. The Morgan fingerprint density at radius 3 is 2.36 bits per heavy atom. The lowest BCUT2D eigenvalue weighted by Crippen LogP contribution is -2.31. The molecule has 1 aromatic heterocycles. The third kappa shape index (κ3) is 2.81. The Morgan fingerprint density at radius 2 is 1.73 bits per heavy atom. The first-order chi connectivity index (χ1) is 10.6. The number of hydrogen-bond donors (Lipinski definition) is 0. The highest BCUT2D eigenvalue weighted by molar-refractivity contribution is 6.28. The van der Waals surface area contributed by atoms with Crippen LogP contribution in [-0.4, -0.2) is 30.7 Å². The van der Waals surface area contributed by atoms with Crippen molar-refractivity contribution in [3.63, 3.8) is 0 Å². The van der Waals surface area contributed by atoms with E-state index in [1.807, 2.05) is 19.1 Å². The maximum absolute atomic E-state index is 5.97. The summed E-state index contributed by atoms with van der Waals surface area (Å²) in [7, 11) is 3.31. The molecule has 6 heteroatoms. The van der Waals surface area contributed by atoms with Crippen LogP contribution in [-0.2, 0) is 13.0 Å². The number of rotatable bonds is 3. The van der Waals surface area contributed by atoms with Crippen molar-refractivity contribution in [2.45, 2.75) is 19.9 Å². The highest BCUT2D eigenvalue weighted by Gasteiger charge is 2.21. The number of methoxy groups -OCH3 is 2. The summed E-state index contributed by atoms with van der Waals surface area (Å²) in [5, 5.41) is 0.285. The van der Waals surface area contributed by atoms with Gasteiger partial charge in [-0.05, 0) is 48.2 Å². The molecule has 0 fully saturated rings. The molecule has 116 valence electrons. The predicted molar refractivity (Wildman–Crippen MR) is 86.1 cm³/mol. The van der Waals surface area contributed by atoms with Crippen LogP contribution >= 0.6 is 11.6 Å². The van der Waals surface area contributed by atoms with Gasteiger partial charge in [0, 0.05) is 24.8 Å². The lowest BCUT2D eigenvalue weighted by Gasteiger charge is -2.30. The smallest absolute Gasteiger partial charge is 0.224 e. The summed E-state index contributed by atoms with van der Waals surface area (Å²) >= 11 is 5.97. The largest absolute Gasteiger partial charge is 0.493 e. The topological polar surface area (TPSA) is 47.5 Å². The van der Waals surface area contributed by atoms with Gasteiger partial charge in [0.1, 0.15) is 5.82 Å². The summed E-state index contributed by atoms with van der Waals surface area (Å²) in [6.45, 7) is 3.57. The Morgan fingerprint density at radius 1 is 1.05 bits per heavy atom. The quantitative estimate of drug-likeness (QED) is 0.814. The van der Waals surface area contributed by atoms with Gasteiger partial charge in [-0.1, -0.05) is 0 Å². The Balaban J connectivity index is 1.93. The van der Waals surface area contributed by atoms with Gasteiger partial charge in [0.25, 0.3) is 0 Å².